The molecule has 0 radical (unpaired) electrons. The van der Waals surface area contributed by atoms with Crippen molar-refractivity contribution in [3.05, 3.63) is 47.8 Å². The molecule has 0 aliphatic rings. The van der Waals surface area contributed by atoms with Gasteiger partial charge >= 0.3 is 0 Å². The van der Waals surface area contributed by atoms with E-state index < -0.39 is 0 Å². The predicted molar refractivity (Wildman–Crippen MR) is 107 cm³/mol. The number of nitrogens with one attached hydrogen (secondary N) is 1. The zero-order chi connectivity index (χ0) is 19.2. The first kappa shape index (κ1) is 19.0. The molecule has 1 N–H and O–H groups in total. The highest BCUT2D eigenvalue weighted by atomic mass is 16.5. The first-order valence-corrected chi connectivity index (χ1v) is 9.44. The van der Waals surface area contributed by atoms with Crippen molar-refractivity contribution in [1.29, 1.82) is 0 Å². The molecule has 0 atom stereocenters. The topological polar surface area (TPSA) is 69.0 Å². The Kier molecular flexibility index (Phi) is 6.19. The number of hydrogen-bond donors (Lipinski definition) is 1. The summed E-state index contributed by atoms with van der Waals surface area (Å²) >= 11 is 0. The van der Waals surface area contributed by atoms with Crippen LogP contribution in [0.4, 0.5) is 0 Å². The fourth-order valence-corrected chi connectivity index (χ4v) is 3.13. The number of nitrogens with zero attached hydrogens (tertiary/aromatic N) is 3. The van der Waals surface area contributed by atoms with E-state index >= 15 is 0 Å². The summed E-state index contributed by atoms with van der Waals surface area (Å²) in [5.41, 5.74) is 4.20. The van der Waals surface area contributed by atoms with E-state index in [-0.39, 0.29) is 5.91 Å². The highest BCUT2D eigenvalue weighted by Crippen LogP contribution is 2.27. The molecule has 3 aromatic rings. The maximum atomic E-state index is 12.8. The number of pyridine rings is 1. The summed E-state index contributed by atoms with van der Waals surface area (Å²) < 4.78 is 7.25. The molecule has 1 aromatic carbocycles. The van der Waals surface area contributed by atoms with Crippen molar-refractivity contribution in [1.82, 2.24) is 20.1 Å². The summed E-state index contributed by atoms with van der Waals surface area (Å²) in [6.07, 6.45) is 2.61. The fourth-order valence-electron chi connectivity index (χ4n) is 3.13. The molecule has 0 saturated carbocycles. The molecular formula is C21H26N4O2. The maximum Gasteiger partial charge on any atom is 0.252 e. The van der Waals surface area contributed by atoms with Gasteiger partial charge in [-0.05, 0) is 39.3 Å². The van der Waals surface area contributed by atoms with Crippen LogP contribution in [0.15, 0.2) is 36.5 Å². The molecule has 142 valence electrons. The Balaban J connectivity index is 1.93. The quantitative estimate of drug-likeness (QED) is 0.619. The van der Waals surface area contributed by atoms with Crippen LogP contribution < -0.4 is 5.32 Å². The van der Waals surface area contributed by atoms with Crippen LogP contribution >= 0.6 is 0 Å². The zero-order valence-electron chi connectivity index (χ0n) is 16.2. The van der Waals surface area contributed by atoms with Gasteiger partial charge < -0.3 is 10.1 Å². The Bertz CT molecular complexity index is 933. The van der Waals surface area contributed by atoms with E-state index in [9.17, 15) is 4.79 Å². The molecule has 0 saturated heterocycles. The van der Waals surface area contributed by atoms with Crippen molar-refractivity contribution < 1.29 is 9.53 Å². The van der Waals surface area contributed by atoms with Crippen LogP contribution in [0.25, 0.3) is 22.2 Å². The molecule has 6 heteroatoms. The van der Waals surface area contributed by atoms with E-state index in [4.69, 9.17) is 9.72 Å². The number of carbonyl (C=O) groups excluding carboxylic acids is 1. The van der Waals surface area contributed by atoms with E-state index in [1.54, 1.807) is 0 Å². The monoisotopic (exact) mass is 366 g/mol. The number of fused-ring (bicyclic) bond motifs is 1. The van der Waals surface area contributed by atoms with Gasteiger partial charge in [0.25, 0.3) is 5.91 Å². The van der Waals surface area contributed by atoms with Gasteiger partial charge in [-0.2, -0.15) is 5.10 Å². The van der Waals surface area contributed by atoms with Crippen molar-refractivity contribution in [3.8, 4) is 11.3 Å². The number of benzene rings is 1. The van der Waals surface area contributed by atoms with Crippen molar-refractivity contribution in [2.75, 3.05) is 19.8 Å². The number of carbonyl (C=O) groups is 1. The molecule has 0 aliphatic heterocycles. The molecule has 3 rings (SSSR count). The lowest BCUT2D eigenvalue weighted by atomic mass is 10.0. The third-order valence-corrected chi connectivity index (χ3v) is 4.59. The van der Waals surface area contributed by atoms with Crippen LogP contribution in [0.2, 0.25) is 0 Å². The summed E-state index contributed by atoms with van der Waals surface area (Å²) in [6.45, 7) is 8.76. The molecule has 6 nitrogen and oxygen atoms in total. The summed E-state index contributed by atoms with van der Waals surface area (Å²) in [5, 5.41) is 8.25. The van der Waals surface area contributed by atoms with E-state index in [1.807, 2.05) is 55.1 Å². The van der Waals surface area contributed by atoms with Crippen molar-refractivity contribution >= 4 is 16.8 Å². The largest absolute Gasteiger partial charge is 0.382 e. The third kappa shape index (κ3) is 4.17. The minimum absolute atomic E-state index is 0.0908. The molecule has 0 aliphatic carbocycles. The second kappa shape index (κ2) is 8.77. The standard InChI is InChI=1S/C21H26N4O2/c1-4-25-15(3)18(14-23-25)20-13-17(16-9-6-7-10-19(16)24-20)21(26)22-11-8-12-27-5-2/h6-7,9-10,13-14H,4-5,8,11-12H2,1-3H3,(H,22,26). The fraction of sp³-hybridized carbons (Fsp3) is 0.381. The molecule has 27 heavy (non-hydrogen) atoms. The van der Waals surface area contributed by atoms with Crippen LogP contribution in [0.5, 0.6) is 0 Å². The van der Waals surface area contributed by atoms with Gasteiger partial charge in [0.2, 0.25) is 0 Å². The minimum atomic E-state index is -0.0908. The normalized spacial score (nSPS) is 11.1. The molecule has 2 heterocycles. The second-order valence-electron chi connectivity index (χ2n) is 6.34. The maximum absolute atomic E-state index is 12.8. The number of hydrogen-bond acceptors (Lipinski definition) is 4. The number of rotatable bonds is 8. The molecular weight excluding hydrogens is 340 g/mol. The first-order chi connectivity index (χ1) is 13.2. The summed E-state index contributed by atoms with van der Waals surface area (Å²) in [5.74, 6) is -0.0908. The lowest BCUT2D eigenvalue weighted by Crippen LogP contribution is -2.25. The van der Waals surface area contributed by atoms with E-state index in [0.29, 0.717) is 25.3 Å². The number of para-hydroxylation sites is 1. The summed E-state index contributed by atoms with van der Waals surface area (Å²) in [4.78, 5) is 17.6. The van der Waals surface area contributed by atoms with E-state index in [2.05, 4.69) is 17.3 Å². The predicted octanol–water partition coefficient (Wildman–Crippen LogP) is 3.58. The Morgan fingerprint density at radius 2 is 2.07 bits per heavy atom. The molecule has 0 unspecified atom stereocenters. The second-order valence-corrected chi connectivity index (χ2v) is 6.34. The Labute approximate surface area is 159 Å². The van der Waals surface area contributed by atoms with Gasteiger partial charge in [0, 0.05) is 42.9 Å². The van der Waals surface area contributed by atoms with Crippen molar-refractivity contribution in [2.45, 2.75) is 33.7 Å². The average Bonchev–Trinajstić information content (AvgIpc) is 3.07. The Morgan fingerprint density at radius 3 is 2.81 bits per heavy atom. The van der Waals surface area contributed by atoms with Crippen LogP contribution in [-0.2, 0) is 11.3 Å². The smallest absolute Gasteiger partial charge is 0.252 e. The SMILES string of the molecule is CCOCCCNC(=O)c1cc(-c2cnn(CC)c2C)nc2ccccc12. The van der Waals surface area contributed by atoms with Crippen LogP contribution in [0.1, 0.15) is 36.3 Å². The molecule has 0 spiro atoms. The number of aromatic nitrogens is 3. The van der Waals surface area contributed by atoms with Gasteiger partial charge in [0.1, 0.15) is 0 Å². The lowest BCUT2D eigenvalue weighted by molar-refractivity contribution is 0.0946. The van der Waals surface area contributed by atoms with Gasteiger partial charge in [-0.3, -0.25) is 9.48 Å². The highest BCUT2D eigenvalue weighted by molar-refractivity contribution is 6.07. The van der Waals surface area contributed by atoms with E-state index in [0.717, 1.165) is 40.8 Å². The Morgan fingerprint density at radius 1 is 1.26 bits per heavy atom. The van der Waals surface area contributed by atoms with E-state index in [1.165, 1.54) is 0 Å². The van der Waals surface area contributed by atoms with Crippen molar-refractivity contribution in [2.24, 2.45) is 0 Å². The van der Waals surface area contributed by atoms with Gasteiger partial charge in [0.15, 0.2) is 0 Å². The highest BCUT2D eigenvalue weighted by Gasteiger charge is 2.16. The summed E-state index contributed by atoms with van der Waals surface area (Å²) in [6, 6.07) is 9.60. The molecule has 0 bridgehead atoms. The summed E-state index contributed by atoms with van der Waals surface area (Å²) in [7, 11) is 0. The Hall–Kier alpha value is -2.73. The third-order valence-electron chi connectivity index (χ3n) is 4.59. The first-order valence-electron chi connectivity index (χ1n) is 9.44. The number of amides is 1. The van der Waals surface area contributed by atoms with Crippen molar-refractivity contribution in [3.63, 3.8) is 0 Å². The molecule has 0 fully saturated rings. The lowest BCUT2D eigenvalue weighted by Gasteiger charge is -2.11. The molecule has 1 amide bonds. The van der Waals surface area contributed by atoms with Gasteiger partial charge in [0.05, 0.1) is 23.0 Å². The van der Waals surface area contributed by atoms with Crippen LogP contribution in [0.3, 0.4) is 0 Å². The van der Waals surface area contributed by atoms with Gasteiger partial charge in [-0.1, -0.05) is 18.2 Å². The van der Waals surface area contributed by atoms with Crippen LogP contribution in [-0.4, -0.2) is 40.4 Å². The van der Waals surface area contributed by atoms with Gasteiger partial charge in [-0.25, -0.2) is 4.98 Å². The van der Waals surface area contributed by atoms with Crippen LogP contribution in [0, 0.1) is 6.92 Å². The zero-order valence-corrected chi connectivity index (χ0v) is 16.2. The van der Waals surface area contributed by atoms with Gasteiger partial charge in [-0.15, -0.1) is 0 Å². The number of ether oxygens (including phenoxy) is 1. The minimum Gasteiger partial charge on any atom is -0.382 e. The average molecular weight is 366 g/mol. The molecule has 2 aromatic heterocycles. The number of aryl methyl sites for hydroxylation is 1.